The number of morpholine rings is 1. The van der Waals surface area contributed by atoms with Crippen LogP contribution in [0.5, 0.6) is 5.75 Å². The number of rotatable bonds is 1. The van der Waals surface area contributed by atoms with E-state index in [1.54, 1.807) is 12.1 Å². The smallest absolute Gasteiger partial charge is 0.136 e. The number of halogens is 2. The van der Waals surface area contributed by atoms with Crippen molar-refractivity contribution in [3.05, 3.63) is 27.2 Å². The molecule has 0 radical (unpaired) electrons. The zero-order valence-electron chi connectivity index (χ0n) is 7.96. The highest BCUT2D eigenvalue weighted by Crippen LogP contribution is 2.37. The van der Waals surface area contributed by atoms with Crippen LogP contribution in [0.3, 0.4) is 0 Å². The number of nitrogens with one attached hydrogen (secondary N) is 1. The van der Waals surface area contributed by atoms with Gasteiger partial charge in [0.25, 0.3) is 0 Å². The SMILES string of the molecule is Oc1c(Br)ccc(Cl)c1[C@H]1COCCN1. The highest BCUT2D eigenvalue weighted by atomic mass is 79.9. The van der Waals surface area contributed by atoms with E-state index in [4.69, 9.17) is 16.3 Å². The van der Waals surface area contributed by atoms with E-state index < -0.39 is 0 Å². The van der Waals surface area contributed by atoms with Crippen molar-refractivity contribution in [2.45, 2.75) is 6.04 Å². The Hall–Kier alpha value is -0.290. The molecule has 0 amide bonds. The second kappa shape index (κ2) is 4.70. The molecule has 1 aromatic carbocycles. The molecule has 0 aliphatic carbocycles. The standard InChI is InChI=1S/C10H11BrClNO2/c11-6-1-2-7(12)9(10(6)14)8-5-15-4-3-13-8/h1-2,8,13-14H,3-5H2/t8-/m1/s1. The largest absolute Gasteiger partial charge is 0.506 e. The summed E-state index contributed by atoms with van der Waals surface area (Å²) in [6.07, 6.45) is 0. The van der Waals surface area contributed by atoms with Crippen molar-refractivity contribution in [3.63, 3.8) is 0 Å². The van der Waals surface area contributed by atoms with Gasteiger partial charge in [-0.2, -0.15) is 0 Å². The molecule has 0 saturated carbocycles. The Labute approximate surface area is 102 Å². The fraction of sp³-hybridized carbons (Fsp3) is 0.400. The average Bonchev–Trinajstić information content (AvgIpc) is 2.26. The topological polar surface area (TPSA) is 41.5 Å². The number of benzene rings is 1. The van der Waals surface area contributed by atoms with Crippen molar-refractivity contribution in [2.75, 3.05) is 19.8 Å². The molecule has 1 heterocycles. The van der Waals surface area contributed by atoms with Crippen LogP contribution in [0.15, 0.2) is 16.6 Å². The highest BCUT2D eigenvalue weighted by Gasteiger charge is 2.22. The van der Waals surface area contributed by atoms with E-state index in [0.717, 1.165) is 6.54 Å². The summed E-state index contributed by atoms with van der Waals surface area (Å²) in [6.45, 7) is 2.00. The Kier molecular flexibility index (Phi) is 3.51. The maximum atomic E-state index is 9.90. The van der Waals surface area contributed by atoms with Crippen molar-refractivity contribution in [1.82, 2.24) is 5.32 Å². The van der Waals surface area contributed by atoms with Gasteiger partial charge >= 0.3 is 0 Å². The van der Waals surface area contributed by atoms with Crippen LogP contribution in [0, 0.1) is 0 Å². The van der Waals surface area contributed by atoms with Crippen LogP contribution < -0.4 is 5.32 Å². The van der Waals surface area contributed by atoms with Gasteiger partial charge in [-0.15, -0.1) is 0 Å². The predicted molar refractivity (Wildman–Crippen MR) is 62.4 cm³/mol. The minimum absolute atomic E-state index is 0.0382. The summed E-state index contributed by atoms with van der Waals surface area (Å²) in [7, 11) is 0. The molecule has 1 aliphatic heterocycles. The molecule has 0 unspecified atom stereocenters. The zero-order valence-corrected chi connectivity index (χ0v) is 10.3. The van der Waals surface area contributed by atoms with Crippen LogP contribution in [-0.2, 0) is 4.74 Å². The van der Waals surface area contributed by atoms with Crippen LogP contribution >= 0.6 is 27.5 Å². The van der Waals surface area contributed by atoms with Gasteiger partial charge in [0, 0.05) is 17.1 Å². The summed E-state index contributed by atoms with van der Waals surface area (Å²) in [5.74, 6) is 0.186. The van der Waals surface area contributed by atoms with Gasteiger partial charge in [-0.1, -0.05) is 11.6 Å². The molecule has 1 aromatic rings. The van der Waals surface area contributed by atoms with Crippen molar-refractivity contribution in [2.24, 2.45) is 0 Å². The second-order valence-electron chi connectivity index (χ2n) is 3.37. The lowest BCUT2D eigenvalue weighted by molar-refractivity contribution is 0.0761. The minimum Gasteiger partial charge on any atom is -0.506 e. The molecule has 1 fully saturated rings. The maximum Gasteiger partial charge on any atom is 0.136 e. The van der Waals surface area contributed by atoms with Crippen LogP contribution in [0.25, 0.3) is 0 Å². The van der Waals surface area contributed by atoms with E-state index in [2.05, 4.69) is 21.2 Å². The number of ether oxygens (including phenoxy) is 1. The summed E-state index contributed by atoms with van der Waals surface area (Å²) in [5, 5.41) is 13.7. The van der Waals surface area contributed by atoms with E-state index in [9.17, 15) is 5.11 Å². The van der Waals surface area contributed by atoms with Gasteiger partial charge in [0.1, 0.15) is 5.75 Å². The van der Waals surface area contributed by atoms with Crippen LogP contribution in [0.1, 0.15) is 11.6 Å². The number of aromatic hydroxyl groups is 1. The maximum absolute atomic E-state index is 9.90. The van der Waals surface area contributed by atoms with Crippen molar-refractivity contribution in [3.8, 4) is 5.75 Å². The average molecular weight is 293 g/mol. The lowest BCUT2D eigenvalue weighted by atomic mass is 10.1. The molecular weight excluding hydrogens is 281 g/mol. The van der Waals surface area contributed by atoms with Gasteiger partial charge in [0.15, 0.2) is 0 Å². The summed E-state index contributed by atoms with van der Waals surface area (Å²) < 4.78 is 5.99. The van der Waals surface area contributed by atoms with Crippen molar-refractivity contribution in [1.29, 1.82) is 0 Å². The number of hydrogen-bond donors (Lipinski definition) is 2. The monoisotopic (exact) mass is 291 g/mol. The van der Waals surface area contributed by atoms with Crippen molar-refractivity contribution >= 4 is 27.5 Å². The van der Waals surface area contributed by atoms with Crippen LogP contribution in [0.4, 0.5) is 0 Å². The Morgan fingerprint density at radius 3 is 3.00 bits per heavy atom. The van der Waals surface area contributed by atoms with Gasteiger partial charge in [-0.25, -0.2) is 0 Å². The van der Waals surface area contributed by atoms with Crippen LogP contribution in [-0.4, -0.2) is 24.9 Å². The lowest BCUT2D eigenvalue weighted by Gasteiger charge is -2.25. The molecule has 1 aliphatic rings. The Morgan fingerprint density at radius 1 is 1.53 bits per heavy atom. The third kappa shape index (κ3) is 2.28. The van der Waals surface area contributed by atoms with Gasteiger partial charge in [-0.05, 0) is 28.1 Å². The summed E-state index contributed by atoms with van der Waals surface area (Å²) >= 11 is 9.33. The lowest BCUT2D eigenvalue weighted by Crippen LogP contribution is -2.34. The first-order valence-corrected chi connectivity index (χ1v) is 5.85. The quantitative estimate of drug-likeness (QED) is 0.835. The number of phenols is 1. The molecule has 1 atom stereocenters. The van der Waals surface area contributed by atoms with Crippen molar-refractivity contribution < 1.29 is 9.84 Å². The first kappa shape index (κ1) is 11.2. The van der Waals surface area contributed by atoms with Gasteiger partial charge in [0.05, 0.1) is 23.7 Å². The Bertz CT molecular complexity index is 367. The minimum atomic E-state index is -0.0382. The zero-order chi connectivity index (χ0) is 10.8. The molecule has 0 bridgehead atoms. The normalized spacial score (nSPS) is 21.6. The first-order chi connectivity index (χ1) is 7.20. The third-order valence-corrected chi connectivity index (χ3v) is 3.35. The summed E-state index contributed by atoms with van der Waals surface area (Å²) in [5.41, 5.74) is 0.700. The summed E-state index contributed by atoms with van der Waals surface area (Å²) in [6, 6.07) is 3.45. The Balaban J connectivity index is 2.36. The molecule has 2 rings (SSSR count). The molecular formula is C10H11BrClNO2. The number of phenolic OH excluding ortho intramolecular Hbond substituents is 1. The van der Waals surface area contributed by atoms with E-state index >= 15 is 0 Å². The van der Waals surface area contributed by atoms with Gasteiger partial charge in [-0.3, -0.25) is 0 Å². The fourth-order valence-corrected chi connectivity index (χ4v) is 2.27. The molecule has 0 aromatic heterocycles. The fourth-order valence-electron chi connectivity index (χ4n) is 1.64. The molecule has 82 valence electrons. The van der Waals surface area contributed by atoms with Gasteiger partial charge < -0.3 is 15.2 Å². The van der Waals surface area contributed by atoms with E-state index in [1.807, 2.05) is 0 Å². The second-order valence-corrected chi connectivity index (χ2v) is 4.63. The molecule has 3 nitrogen and oxygen atoms in total. The molecule has 1 saturated heterocycles. The molecule has 2 N–H and O–H groups in total. The predicted octanol–water partition coefficient (Wildman–Crippen LogP) is 2.47. The summed E-state index contributed by atoms with van der Waals surface area (Å²) in [4.78, 5) is 0. The third-order valence-electron chi connectivity index (χ3n) is 2.38. The van der Waals surface area contributed by atoms with Gasteiger partial charge in [0.2, 0.25) is 0 Å². The van der Waals surface area contributed by atoms with E-state index in [1.165, 1.54) is 0 Å². The van der Waals surface area contributed by atoms with E-state index in [0.29, 0.717) is 28.3 Å². The first-order valence-electron chi connectivity index (χ1n) is 4.68. The molecule has 15 heavy (non-hydrogen) atoms. The molecule has 0 spiro atoms. The molecule has 5 heteroatoms. The van der Waals surface area contributed by atoms with E-state index in [-0.39, 0.29) is 11.8 Å². The number of hydrogen-bond acceptors (Lipinski definition) is 3. The Morgan fingerprint density at radius 2 is 2.33 bits per heavy atom. The van der Waals surface area contributed by atoms with Crippen LogP contribution in [0.2, 0.25) is 5.02 Å². The highest BCUT2D eigenvalue weighted by molar-refractivity contribution is 9.10.